The second kappa shape index (κ2) is 4.69. The van der Waals surface area contributed by atoms with Gasteiger partial charge in [-0.25, -0.2) is 0 Å². The van der Waals surface area contributed by atoms with E-state index in [1.165, 1.54) is 49.8 Å². The van der Waals surface area contributed by atoms with Gasteiger partial charge in [0.15, 0.2) is 0 Å². The van der Waals surface area contributed by atoms with Gasteiger partial charge in [0.1, 0.15) is 5.75 Å². The molecule has 2 nitrogen and oxygen atoms in total. The molecule has 0 aromatic heterocycles. The Morgan fingerprint density at radius 2 is 2.00 bits per heavy atom. The lowest BCUT2D eigenvalue weighted by atomic mass is 9.98. The molecule has 1 aliphatic heterocycles. The second-order valence-electron chi connectivity index (χ2n) is 5.29. The molecule has 0 amide bonds. The van der Waals surface area contributed by atoms with Gasteiger partial charge in [-0.3, -0.25) is 4.90 Å². The third-order valence-electron chi connectivity index (χ3n) is 4.30. The van der Waals surface area contributed by atoms with E-state index in [2.05, 4.69) is 23.1 Å². The SMILES string of the molecule is COc1ccc2c(c1)CCN(C1CCCC1)C2. The first-order valence-electron chi connectivity index (χ1n) is 6.76. The van der Waals surface area contributed by atoms with Gasteiger partial charge in [0.25, 0.3) is 0 Å². The van der Waals surface area contributed by atoms with Crippen LogP contribution in [0.3, 0.4) is 0 Å². The Hall–Kier alpha value is -1.02. The fourth-order valence-corrected chi connectivity index (χ4v) is 3.26. The molecule has 0 saturated heterocycles. The van der Waals surface area contributed by atoms with Crippen LogP contribution in [-0.4, -0.2) is 24.6 Å². The molecule has 1 aromatic carbocycles. The van der Waals surface area contributed by atoms with Gasteiger partial charge < -0.3 is 4.74 Å². The number of hydrogen-bond acceptors (Lipinski definition) is 2. The lowest BCUT2D eigenvalue weighted by Crippen LogP contribution is -2.37. The second-order valence-corrected chi connectivity index (χ2v) is 5.29. The lowest BCUT2D eigenvalue weighted by molar-refractivity contribution is 0.181. The van der Waals surface area contributed by atoms with Crippen molar-refractivity contribution in [3.8, 4) is 5.75 Å². The molecule has 2 heteroatoms. The van der Waals surface area contributed by atoms with Crippen molar-refractivity contribution in [2.45, 2.75) is 44.7 Å². The third kappa shape index (κ3) is 2.19. The maximum absolute atomic E-state index is 5.29. The van der Waals surface area contributed by atoms with Crippen LogP contribution >= 0.6 is 0 Å². The van der Waals surface area contributed by atoms with E-state index >= 15 is 0 Å². The molecular formula is C15H21NO. The minimum absolute atomic E-state index is 0.852. The van der Waals surface area contributed by atoms with Gasteiger partial charge >= 0.3 is 0 Å². The molecule has 1 fully saturated rings. The fourth-order valence-electron chi connectivity index (χ4n) is 3.26. The molecule has 0 spiro atoms. The van der Waals surface area contributed by atoms with Crippen LogP contribution in [0.4, 0.5) is 0 Å². The van der Waals surface area contributed by atoms with Gasteiger partial charge in [0.05, 0.1) is 7.11 Å². The van der Waals surface area contributed by atoms with Gasteiger partial charge in [-0.1, -0.05) is 18.9 Å². The number of fused-ring (bicyclic) bond motifs is 1. The summed E-state index contributed by atoms with van der Waals surface area (Å²) in [6.07, 6.45) is 6.85. The van der Waals surface area contributed by atoms with E-state index in [1.807, 2.05) is 0 Å². The molecule has 0 bridgehead atoms. The number of methoxy groups -OCH3 is 1. The maximum atomic E-state index is 5.29. The lowest BCUT2D eigenvalue weighted by Gasteiger charge is -2.33. The predicted molar refractivity (Wildman–Crippen MR) is 69.4 cm³/mol. The zero-order chi connectivity index (χ0) is 11.7. The van der Waals surface area contributed by atoms with Crippen molar-refractivity contribution in [3.63, 3.8) is 0 Å². The summed E-state index contributed by atoms with van der Waals surface area (Å²) in [5.74, 6) is 0.998. The third-order valence-corrected chi connectivity index (χ3v) is 4.30. The molecule has 17 heavy (non-hydrogen) atoms. The van der Waals surface area contributed by atoms with E-state index < -0.39 is 0 Å². The highest BCUT2D eigenvalue weighted by Gasteiger charge is 2.25. The number of hydrogen-bond donors (Lipinski definition) is 0. The Labute approximate surface area is 104 Å². The van der Waals surface area contributed by atoms with Gasteiger partial charge in [-0.2, -0.15) is 0 Å². The molecule has 0 unspecified atom stereocenters. The van der Waals surface area contributed by atoms with Crippen molar-refractivity contribution in [1.82, 2.24) is 4.90 Å². The zero-order valence-corrected chi connectivity index (χ0v) is 10.6. The molecule has 1 aliphatic carbocycles. The predicted octanol–water partition coefficient (Wildman–Crippen LogP) is 3.00. The molecule has 0 radical (unpaired) electrons. The number of rotatable bonds is 2. The highest BCUT2D eigenvalue weighted by atomic mass is 16.5. The van der Waals surface area contributed by atoms with Crippen LogP contribution < -0.4 is 4.74 Å². The summed E-state index contributed by atoms with van der Waals surface area (Å²) in [6, 6.07) is 7.40. The van der Waals surface area contributed by atoms with Crippen LogP contribution in [-0.2, 0) is 13.0 Å². The van der Waals surface area contributed by atoms with E-state index in [-0.39, 0.29) is 0 Å². The van der Waals surface area contributed by atoms with Crippen LogP contribution in [0.1, 0.15) is 36.8 Å². The zero-order valence-electron chi connectivity index (χ0n) is 10.6. The first-order valence-corrected chi connectivity index (χ1v) is 6.76. The van der Waals surface area contributed by atoms with Gasteiger partial charge in [-0.05, 0) is 42.5 Å². The molecule has 0 N–H and O–H groups in total. The van der Waals surface area contributed by atoms with Crippen molar-refractivity contribution in [2.24, 2.45) is 0 Å². The monoisotopic (exact) mass is 231 g/mol. The summed E-state index contributed by atoms with van der Waals surface area (Å²) in [5.41, 5.74) is 2.99. The highest BCUT2D eigenvalue weighted by molar-refractivity contribution is 5.37. The summed E-state index contributed by atoms with van der Waals surface area (Å²) in [7, 11) is 1.75. The molecule has 1 heterocycles. The smallest absolute Gasteiger partial charge is 0.119 e. The van der Waals surface area contributed by atoms with Crippen LogP contribution in [0.15, 0.2) is 18.2 Å². The van der Waals surface area contributed by atoms with Crippen molar-refractivity contribution in [2.75, 3.05) is 13.7 Å². The topological polar surface area (TPSA) is 12.5 Å². The van der Waals surface area contributed by atoms with E-state index in [4.69, 9.17) is 4.74 Å². The van der Waals surface area contributed by atoms with Crippen molar-refractivity contribution < 1.29 is 4.74 Å². The molecule has 0 atom stereocenters. The Morgan fingerprint density at radius 1 is 1.18 bits per heavy atom. The summed E-state index contributed by atoms with van der Waals surface area (Å²) in [6.45, 7) is 2.37. The molecule has 1 aromatic rings. The van der Waals surface area contributed by atoms with E-state index in [9.17, 15) is 0 Å². The summed E-state index contributed by atoms with van der Waals surface area (Å²) in [5, 5.41) is 0. The van der Waals surface area contributed by atoms with Gasteiger partial charge in [0.2, 0.25) is 0 Å². The van der Waals surface area contributed by atoms with Gasteiger partial charge in [0, 0.05) is 19.1 Å². The molecule has 2 aliphatic rings. The number of nitrogens with zero attached hydrogens (tertiary/aromatic N) is 1. The average Bonchev–Trinajstić information content (AvgIpc) is 2.91. The Balaban J connectivity index is 1.76. The van der Waals surface area contributed by atoms with Crippen molar-refractivity contribution in [1.29, 1.82) is 0 Å². The van der Waals surface area contributed by atoms with Crippen molar-refractivity contribution in [3.05, 3.63) is 29.3 Å². The molecule has 3 rings (SSSR count). The van der Waals surface area contributed by atoms with Crippen LogP contribution in [0.5, 0.6) is 5.75 Å². The molecular weight excluding hydrogens is 210 g/mol. The average molecular weight is 231 g/mol. The first kappa shape index (κ1) is 11.1. The standard InChI is InChI=1S/C15H21NO/c1-17-15-7-6-13-11-16(9-8-12(13)10-15)14-4-2-3-5-14/h6-7,10,14H,2-5,8-9,11H2,1H3. The van der Waals surface area contributed by atoms with E-state index in [0.717, 1.165) is 18.3 Å². The maximum Gasteiger partial charge on any atom is 0.119 e. The van der Waals surface area contributed by atoms with Crippen LogP contribution in [0.2, 0.25) is 0 Å². The van der Waals surface area contributed by atoms with Crippen molar-refractivity contribution >= 4 is 0 Å². The van der Waals surface area contributed by atoms with E-state index in [0.29, 0.717) is 0 Å². The molecule has 1 saturated carbocycles. The number of ether oxygens (including phenoxy) is 1. The summed E-state index contributed by atoms with van der Waals surface area (Å²) < 4.78 is 5.29. The Kier molecular flexibility index (Phi) is 3.06. The fraction of sp³-hybridized carbons (Fsp3) is 0.600. The summed E-state index contributed by atoms with van der Waals surface area (Å²) in [4.78, 5) is 2.68. The number of benzene rings is 1. The largest absolute Gasteiger partial charge is 0.497 e. The minimum atomic E-state index is 0.852. The first-order chi connectivity index (χ1) is 8.36. The van der Waals surface area contributed by atoms with Crippen LogP contribution in [0.25, 0.3) is 0 Å². The summed E-state index contributed by atoms with van der Waals surface area (Å²) >= 11 is 0. The molecule has 92 valence electrons. The Morgan fingerprint density at radius 3 is 2.76 bits per heavy atom. The quantitative estimate of drug-likeness (QED) is 0.776. The minimum Gasteiger partial charge on any atom is -0.497 e. The highest BCUT2D eigenvalue weighted by Crippen LogP contribution is 2.29. The van der Waals surface area contributed by atoms with E-state index in [1.54, 1.807) is 7.11 Å². The van der Waals surface area contributed by atoms with Crippen LogP contribution in [0, 0.1) is 0 Å². The van der Waals surface area contributed by atoms with Gasteiger partial charge in [-0.15, -0.1) is 0 Å². The normalized spacial score (nSPS) is 21.5. The Bertz CT molecular complexity index is 396.